The first-order chi connectivity index (χ1) is 7.77. The first-order valence-corrected chi connectivity index (χ1v) is 6.71. The molecule has 3 heteroatoms. The number of piperidine rings is 1. The molecule has 0 aromatic rings. The summed E-state index contributed by atoms with van der Waals surface area (Å²) in [6, 6.07) is 0.555. The molecule has 1 saturated heterocycles. The highest BCUT2D eigenvalue weighted by Gasteiger charge is 2.23. The first-order valence-electron chi connectivity index (χ1n) is 6.71. The number of hydrogen-bond acceptors (Lipinski definition) is 3. The molecule has 1 rings (SSSR count). The van der Waals surface area contributed by atoms with Gasteiger partial charge in [-0.3, -0.25) is 4.90 Å². The van der Waals surface area contributed by atoms with Crippen LogP contribution < -0.4 is 5.32 Å². The van der Waals surface area contributed by atoms with Crippen molar-refractivity contribution in [3.8, 4) is 0 Å². The Hall–Kier alpha value is -0.120. The second-order valence-corrected chi connectivity index (χ2v) is 5.06. The SMILES string of the molecule is CCCNCC(COC)N1CCCC(C)C1. The third-order valence-electron chi connectivity index (χ3n) is 3.37. The van der Waals surface area contributed by atoms with E-state index in [9.17, 15) is 0 Å². The molecule has 16 heavy (non-hydrogen) atoms. The van der Waals surface area contributed by atoms with E-state index < -0.39 is 0 Å². The molecule has 2 unspecified atom stereocenters. The lowest BCUT2D eigenvalue weighted by Crippen LogP contribution is -2.49. The molecule has 0 amide bonds. The van der Waals surface area contributed by atoms with Crippen LogP contribution in [0.4, 0.5) is 0 Å². The van der Waals surface area contributed by atoms with E-state index in [-0.39, 0.29) is 0 Å². The van der Waals surface area contributed by atoms with Gasteiger partial charge in [-0.1, -0.05) is 13.8 Å². The Bertz CT molecular complexity index is 175. The average Bonchev–Trinajstić information content (AvgIpc) is 2.28. The van der Waals surface area contributed by atoms with Crippen molar-refractivity contribution in [2.24, 2.45) is 5.92 Å². The fraction of sp³-hybridized carbons (Fsp3) is 1.00. The summed E-state index contributed by atoms with van der Waals surface area (Å²) >= 11 is 0. The standard InChI is InChI=1S/C13H28N2O/c1-4-7-14-9-13(11-16-3)15-8-5-6-12(2)10-15/h12-14H,4-11H2,1-3H3. The van der Waals surface area contributed by atoms with Gasteiger partial charge >= 0.3 is 0 Å². The molecule has 96 valence electrons. The topological polar surface area (TPSA) is 24.5 Å². The van der Waals surface area contributed by atoms with Crippen molar-refractivity contribution >= 4 is 0 Å². The van der Waals surface area contributed by atoms with Gasteiger partial charge in [0.1, 0.15) is 0 Å². The number of methoxy groups -OCH3 is 1. The molecule has 0 aromatic heterocycles. The summed E-state index contributed by atoms with van der Waals surface area (Å²) in [7, 11) is 1.81. The summed E-state index contributed by atoms with van der Waals surface area (Å²) < 4.78 is 5.34. The van der Waals surface area contributed by atoms with Crippen LogP contribution in [0.2, 0.25) is 0 Å². The van der Waals surface area contributed by atoms with Crippen LogP contribution in [0.3, 0.4) is 0 Å². The molecule has 1 fully saturated rings. The summed E-state index contributed by atoms with van der Waals surface area (Å²) in [5.74, 6) is 0.847. The van der Waals surface area contributed by atoms with E-state index in [0.29, 0.717) is 6.04 Å². The number of rotatable bonds is 7. The molecule has 0 spiro atoms. The number of hydrogen-bond donors (Lipinski definition) is 1. The Labute approximate surface area is 101 Å². The number of nitrogens with one attached hydrogen (secondary N) is 1. The van der Waals surface area contributed by atoms with Crippen molar-refractivity contribution in [3.05, 3.63) is 0 Å². The fourth-order valence-corrected chi connectivity index (χ4v) is 2.49. The Kier molecular flexibility index (Phi) is 7.01. The lowest BCUT2D eigenvalue weighted by Gasteiger charge is -2.37. The van der Waals surface area contributed by atoms with Gasteiger partial charge < -0.3 is 10.1 Å². The van der Waals surface area contributed by atoms with E-state index in [0.717, 1.165) is 25.6 Å². The van der Waals surface area contributed by atoms with Crippen molar-refractivity contribution < 1.29 is 4.74 Å². The van der Waals surface area contributed by atoms with Crippen molar-refractivity contribution in [1.29, 1.82) is 0 Å². The predicted octanol–water partition coefficient (Wildman–Crippen LogP) is 1.73. The largest absolute Gasteiger partial charge is 0.383 e. The highest BCUT2D eigenvalue weighted by molar-refractivity contribution is 4.79. The minimum atomic E-state index is 0.555. The van der Waals surface area contributed by atoms with Gasteiger partial charge in [-0.05, 0) is 38.3 Å². The maximum absolute atomic E-state index is 5.34. The maximum atomic E-state index is 5.34. The number of ether oxygens (including phenoxy) is 1. The van der Waals surface area contributed by atoms with E-state index in [4.69, 9.17) is 4.74 Å². The summed E-state index contributed by atoms with van der Waals surface area (Å²) in [6.07, 6.45) is 3.93. The highest BCUT2D eigenvalue weighted by atomic mass is 16.5. The summed E-state index contributed by atoms with van der Waals surface area (Å²) in [6.45, 7) is 10.1. The second-order valence-electron chi connectivity index (χ2n) is 5.06. The van der Waals surface area contributed by atoms with Crippen LogP contribution in [0, 0.1) is 5.92 Å². The summed E-state index contributed by atoms with van der Waals surface area (Å²) in [5, 5.41) is 3.51. The summed E-state index contributed by atoms with van der Waals surface area (Å²) in [4.78, 5) is 2.60. The van der Waals surface area contributed by atoms with Crippen molar-refractivity contribution in [2.75, 3.05) is 39.9 Å². The Morgan fingerprint density at radius 2 is 2.31 bits per heavy atom. The average molecular weight is 228 g/mol. The quantitative estimate of drug-likeness (QED) is 0.672. The molecule has 1 heterocycles. The zero-order valence-corrected chi connectivity index (χ0v) is 11.2. The highest BCUT2D eigenvalue weighted by Crippen LogP contribution is 2.17. The van der Waals surface area contributed by atoms with Crippen LogP contribution in [0.5, 0.6) is 0 Å². The molecule has 0 bridgehead atoms. The molecule has 3 nitrogen and oxygen atoms in total. The van der Waals surface area contributed by atoms with E-state index in [1.54, 1.807) is 7.11 Å². The van der Waals surface area contributed by atoms with E-state index >= 15 is 0 Å². The maximum Gasteiger partial charge on any atom is 0.0630 e. The van der Waals surface area contributed by atoms with Gasteiger partial charge in [0.15, 0.2) is 0 Å². The normalized spacial score (nSPS) is 24.6. The monoisotopic (exact) mass is 228 g/mol. The smallest absolute Gasteiger partial charge is 0.0630 e. The van der Waals surface area contributed by atoms with Crippen LogP contribution in [-0.2, 0) is 4.74 Å². The van der Waals surface area contributed by atoms with Crippen LogP contribution >= 0.6 is 0 Å². The van der Waals surface area contributed by atoms with Gasteiger partial charge in [0.2, 0.25) is 0 Å². The summed E-state index contributed by atoms with van der Waals surface area (Å²) in [5.41, 5.74) is 0. The minimum Gasteiger partial charge on any atom is -0.383 e. The van der Waals surface area contributed by atoms with Gasteiger partial charge in [-0.2, -0.15) is 0 Å². The van der Waals surface area contributed by atoms with E-state index in [1.165, 1.54) is 32.4 Å². The van der Waals surface area contributed by atoms with E-state index in [1.807, 2.05) is 0 Å². The van der Waals surface area contributed by atoms with Crippen molar-refractivity contribution in [3.63, 3.8) is 0 Å². The van der Waals surface area contributed by atoms with Crippen molar-refractivity contribution in [1.82, 2.24) is 10.2 Å². The third-order valence-corrected chi connectivity index (χ3v) is 3.37. The lowest BCUT2D eigenvalue weighted by molar-refractivity contribution is 0.0623. The molecule has 0 aliphatic carbocycles. The predicted molar refractivity (Wildman–Crippen MR) is 68.8 cm³/mol. The fourth-order valence-electron chi connectivity index (χ4n) is 2.49. The molecule has 2 atom stereocenters. The van der Waals surface area contributed by atoms with Gasteiger partial charge in [-0.15, -0.1) is 0 Å². The van der Waals surface area contributed by atoms with Gasteiger partial charge in [0.05, 0.1) is 6.61 Å². The Morgan fingerprint density at radius 1 is 1.50 bits per heavy atom. The molecule has 0 aromatic carbocycles. The Morgan fingerprint density at radius 3 is 2.94 bits per heavy atom. The molecule has 1 aliphatic heterocycles. The van der Waals surface area contributed by atoms with Gasteiger partial charge in [0, 0.05) is 26.2 Å². The van der Waals surface area contributed by atoms with Crippen LogP contribution in [0.25, 0.3) is 0 Å². The first kappa shape index (κ1) is 13.9. The molecule has 1 N–H and O–H groups in total. The third kappa shape index (κ3) is 4.81. The van der Waals surface area contributed by atoms with Crippen molar-refractivity contribution in [2.45, 2.75) is 39.2 Å². The molecular weight excluding hydrogens is 200 g/mol. The second kappa shape index (κ2) is 8.04. The Balaban J connectivity index is 2.34. The zero-order chi connectivity index (χ0) is 11.8. The zero-order valence-electron chi connectivity index (χ0n) is 11.2. The van der Waals surface area contributed by atoms with Gasteiger partial charge in [-0.25, -0.2) is 0 Å². The minimum absolute atomic E-state index is 0.555. The number of nitrogens with zero attached hydrogens (tertiary/aromatic N) is 1. The van der Waals surface area contributed by atoms with Crippen LogP contribution in [-0.4, -0.2) is 50.8 Å². The molecule has 0 radical (unpaired) electrons. The van der Waals surface area contributed by atoms with E-state index in [2.05, 4.69) is 24.1 Å². The van der Waals surface area contributed by atoms with Gasteiger partial charge in [0.25, 0.3) is 0 Å². The van der Waals surface area contributed by atoms with Crippen LogP contribution in [0.15, 0.2) is 0 Å². The number of likely N-dealkylation sites (tertiary alicyclic amines) is 1. The molecule has 1 aliphatic rings. The molecular formula is C13H28N2O. The molecule has 0 saturated carbocycles. The lowest BCUT2D eigenvalue weighted by atomic mass is 9.99. The van der Waals surface area contributed by atoms with Crippen LogP contribution in [0.1, 0.15) is 33.1 Å².